The van der Waals surface area contributed by atoms with Gasteiger partial charge in [0.25, 0.3) is 0 Å². The number of hydrogen-bond acceptors (Lipinski definition) is 4. The largest absolute Gasteiger partial charge is 0.285 e. The lowest BCUT2D eigenvalue weighted by atomic mass is 9.91. The Bertz CT molecular complexity index is 718. The van der Waals surface area contributed by atoms with Gasteiger partial charge in [-0.1, -0.05) is 31.5 Å². The molecular weight excluding hydrogens is 282 g/mol. The minimum absolute atomic E-state index is 0.231. The van der Waals surface area contributed by atoms with Gasteiger partial charge in [0.15, 0.2) is 0 Å². The first kappa shape index (κ1) is 12.5. The lowest BCUT2D eigenvalue weighted by molar-refractivity contribution is 0.0817. The Kier molecular flexibility index (Phi) is 2.80. The number of nitrogens with zero attached hydrogens (tertiary/aromatic N) is 1. The zero-order chi connectivity index (χ0) is 13.7. The van der Waals surface area contributed by atoms with Crippen molar-refractivity contribution in [3.05, 3.63) is 38.7 Å². The van der Waals surface area contributed by atoms with E-state index in [1.54, 1.807) is 12.1 Å². The van der Waals surface area contributed by atoms with E-state index < -0.39 is 11.6 Å². The number of aromatic nitrogens is 1. The number of benzene rings is 1. The molecule has 1 aliphatic rings. The summed E-state index contributed by atoms with van der Waals surface area (Å²) in [4.78, 5) is 29.1. The molecule has 0 fully saturated rings. The van der Waals surface area contributed by atoms with Crippen LogP contribution < -0.4 is 0 Å². The fourth-order valence-corrected chi connectivity index (χ4v) is 3.25. The highest BCUT2D eigenvalue weighted by Gasteiger charge is 2.34. The van der Waals surface area contributed by atoms with Crippen molar-refractivity contribution in [1.29, 1.82) is 0 Å². The van der Waals surface area contributed by atoms with Gasteiger partial charge >= 0.3 is 0 Å². The van der Waals surface area contributed by atoms with Crippen LogP contribution in [0.3, 0.4) is 0 Å². The number of thiazole rings is 1. The molecule has 96 valence electrons. The van der Waals surface area contributed by atoms with Gasteiger partial charge in [-0.25, -0.2) is 4.98 Å². The van der Waals surface area contributed by atoms with Crippen LogP contribution >= 0.6 is 22.9 Å². The molecule has 1 aliphatic carbocycles. The van der Waals surface area contributed by atoms with Gasteiger partial charge < -0.3 is 0 Å². The molecule has 0 saturated heterocycles. The summed E-state index contributed by atoms with van der Waals surface area (Å²) in [6.07, 6.45) is 0. The molecule has 0 bridgehead atoms. The second-order valence-electron chi connectivity index (χ2n) is 4.73. The molecule has 1 heterocycles. The van der Waals surface area contributed by atoms with Crippen LogP contribution in [0.4, 0.5) is 0 Å². The maximum atomic E-state index is 12.1. The van der Waals surface area contributed by atoms with Crippen molar-refractivity contribution in [2.45, 2.75) is 19.8 Å². The molecule has 0 aliphatic heterocycles. The molecule has 0 radical (unpaired) electrons. The van der Waals surface area contributed by atoms with E-state index in [4.69, 9.17) is 11.6 Å². The zero-order valence-electron chi connectivity index (χ0n) is 10.4. The fraction of sp³-hybridized carbons (Fsp3) is 0.214. The summed E-state index contributed by atoms with van der Waals surface area (Å²) in [7, 11) is 0. The van der Waals surface area contributed by atoms with Crippen molar-refractivity contribution in [1.82, 2.24) is 4.98 Å². The van der Waals surface area contributed by atoms with Crippen molar-refractivity contribution in [2.24, 2.45) is 0 Å². The molecule has 3 rings (SSSR count). The number of ketones is 2. The molecule has 0 N–H and O–H groups in total. The number of halogens is 1. The number of fused-ring (bicyclic) bond motifs is 3. The average molecular weight is 292 g/mol. The smallest absolute Gasteiger partial charge is 0.245 e. The van der Waals surface area contributed by atoms with Gasteiger partial charge in [0.05, 0.1) is 10.7 Å². The third-order valence-corrected chi connectivity index (χ3v) is 4.62. The maximum Gasteiger partial charge on any atom is 0.245 e. The van der Waals surface area contributed by atoms with Crippen molar-refractivity contribution < 1.29 is 9.59 Å². The van der Waals surface area contributed by atoms with E-state index in [2.05, 4.69) is 4.98 Å². The highest BCUT2D eigenvalue weighted by Crippen LogP contribution is 2.38. The number of carbonyl (C=O) groups is 2. The lowest BCUT2D eigenvalue weighted by Crippen LogP contribution is -2.19. The SMILES string of the molecule is CC(C)c1nc2c(s1)C(=O)C(=O)c1cc(Cl)ccc1-2. The lowest BCUT2D eigenvalue weighted by Gasteiger charge is -2.12. The van der Waals surface area contributed by atoms with Crippen molar-refractivity contribution in [3.8, 4) is 11.3 Å². The van der Waals surface area contributed by atoms with Gasteiger partial charge in [0.1, 0.15) is 4.88 Å². The van der Waals surface area contributed by atoms with E-state index in [1.165, 1.54) is 17.4 Å². The van der Waals surface area contributed by atoms with Crippen LogP contribution in [-0.2, 0) is 0 Å². The van der Waals surface area contributed by atoms with Gasteiger partial charge in [-0.2, -0.15) is 0 Å². The Morgan fingerprint density at radius 1 is 1.16 bits per heavy atom. The topological polar surface area (TPSA) is 47.0 Å². The van der Waals surface area contributed by atoms with E-state index in [9.17, 15) is 9.59 Å². The predicted molar refractivity (Wildman–Crippen MR) is 75.3 cm³/mol. The monoisotopic (exact) mass is 291 g/mol. The van der Waals surface area contributed by atoms with Gasteiger partial charge in [-0.05, 0) is 12.1 Å². The summed E-state index contributed by atoms with van der Waals surface area (Å²) >= 11 is 7.20. The highest BCUT2D eigenvalue weighted by atomic mass is 35.5. The van der Waals surface area contributed by atoms with Crippen LogP contribution in [0.1, 0.15) is 44.8 Å². The van der Waals surface area contributed by atoms with Crippen molar-refractivity contribution in [2.75, 3.05) is 0 Å². The Morgan fingerprint density at radius 2 is 1.89 bits per heavy atom. The van der Waals surface area contributed by atoms with Gasteiger partial charge in [-0.3, -0.25) is 9.59 Å². The van der Waals surface area contributed by atoms with E-state index in [-0.39, 0.29) is 5.92 Å². The van der Waals surface area contributed by atoms with E-state index >= 15 is 0 Å². The fourth-order valence-electron chi connectivity index (χ4n) is 2.06. The maximum absolute atomic E-state index is 12.1. The van der Waals surface area contributed by atoms with Crippen LogP contribution in [0, 0.1) is 0 Å². The molecule has 0 amide bonds. The number of rotatable bonds is 1. The first-order valence-electron chi connectivity index (χ1n) is 5.88. The Hall–Kier alpha value is -1.52. The highest BCUT2D eigenvalue weighted by molar-refractivity contribution is 7.15. The zero-order valence-corrected chi connectivity index (χ0v) is 11.9. The Morgan fingerprint density at radius 3 is 2.58 bits per heavy atom. The van der Waals surface area contributed by atoms with Crippen molar-refractivity contribution in [3.63, 3.8) is 0 Å². The Balaban J connectivity index is 2.30. The van der Waals surface area contributed by atoms with Crippen LogP contribution in [-0.4, -0.2) is 16.6 Å². The molecule has 0 spiro atoms. The summed E-state index contributed by atoms with van der Waals surface area (Å²) in [5.41, 5.74) is 1.67. The molecule has 3 nitrogen and oxygen atoms in total. The second kappa shape index (κ2) is 4.25. The third-order valence-electron chi connectivity index (χ3n) is 3.03. The van der Waals surface area contributed by atoms with E-state index in [1.807, 2.05) is 13.8 Å². The first-order chi connectivity index (χ1) is 8.99. The summed E-state index contributed by atoms with van der Waals surface area (Å²) in [6, 6.07) is 5.00. The normalized spacial score (nSPS) is 13.7. The quantitative estimate of drug-likeness (QED) is 0.747. The molecule has 5 heteroatoms. The average Bonchev–Trinajstić information content (AvgIpc) is 2.81. The number of carbonyl (C=O) groups excluding carboxylic acids is 2. The molecule has 1 aromatic heterocycles. The van der Waals surface area contributed by atoms with Crippen LogP contribution in [0.2, 0.25) is 5.02 Å². The second-order valence-corrected chi connectivity index (χ2v) is 6.20. The van der Waals surface area contributed by atoms with Gasteiger partial charge in [0, 0.05) is 22.1 Å². The summed E-state index contributed by atoms with van der Waals surface area (Å²) in [5, 5.41) is 1.32. The van der Waals surface area contributed by atoms with Gasteiger partial charge in [-0.15, -0.1) is 11.3 Å². The summed E-state index contributed by atoms with van der Waals surface area (Å²) in [5.74, 6) is -0.743. The minimum Gasteiger partial charge on any atom is -0.285 e. The molecule has 0 atom stereocenters. The first-order valence-corrected chi connectivity index (χ1v) is 7.08. The van der Waals surface area contributed by atoms with Crippen LogP contribution in [0.15, 0.2) is 18.2 Å². The van der Waals surface area contributed by atoms with Crippen LogP contribution in [0.5, 0.6) is 0 Å². The molecular formula is C14H10ClNO2S. The predicted octanol–water partition coefficient (Wildman–Crippen LogP) is 3.97. The molecule has 2 aromatic rings. The van der Waals surface area contributed by atoms with E-state index in [0.717, 1.165) is 5.01 Å². The third kappa shape index (κ3) is 1.83. The van der Waals surface area contributed by atoms with Crippen molar-refractivity contribution >= 4 is 34.5 Å². The number of Topliss-reactive ketones (excluding diaryl/α,β-unsaturated/α-hetero) is 2. The standard InChI is InChI=1S/C14H10ClNO2S/c1-6(2)14-16-10-8-4-3-7(15)5-9(8)11(17)12(18)13(10)19-14/h3-6H,1-2H3. The Labute approximate surface area is 119 Å². The van der Waals surface area contributed by atoms with E-state index in [0.29, 0.717) is 26.7 Å². The molecule has 0 unspecified atom stereocenters. The minimum atomic E-state index is -0.496. The molecule has 0 saturated carbocycles. The van der Waals surface area contributed by atoms with Gasteiger partial charge in [0.2, 0.25) is 11.6 Å². The molecule has 1 aromatic carbocycles. The molecule has 19 heavy (non-hydrogen) atoms. The summed E-state index contributed by atoms with van der Waals surface area (Å²) in [6.45, 7) is 4.03. The van der Waals surface area contributed by atoms with Crippen LogP contribution in [0.25, 0.3) is 11.3 Å². The summed E-state index contributed by atoms with van der Waals surface area (Å²) < 4.78 is 0. The number of hydrogen-bond donors (Lipinski definition) is 0.